The number of rotatable bonds is 5. The van der Waals surface area contributed by atoms with Crippen LogP contribution in [0.3, 0.4) is 0 Å². The number of hydroxylamine groups is 1. The SMILES string of the molecule is C/C=C/COC(=O)/C=[N+](\[O-])[C@H]1O[C@H]([C@@H]2COC(C)(C)O2)[C@@H]2OC(C)(C)O[C@@H]21. The maximum Gasteiger partial charge on any atom is 0.396 e. The Morgan fingerprint density at radius 3 is 2.48 bits per heavy atom. The van der Waals surface area contributed by atoms with E-state index < -0.39 is 48.2 Å². The summed E-state index contributed by atoms with van der Waals surface area (Å²) in [5.74, 6) is -2.37. The highest BCUT2D eigenvalue weighted by atomic mass is 16.8. The molecule has 27 heavy (non-hydrogen) atoms. The molecule has 152 valence electrons. The molecule has 3 fully saturated rings. The Morgan fingerprint density at radius 2 is 1.85 bits per heavy atom. The third-order valence-electron chi connectivity index (χ3n) is 4.50. The largest absolute Gasteiger partial charge is 0.622 e. The van der Waals surface area contributed by atoms with E-state index >= 15 is 0 Å². The van der Waals surface area contributed by atoms with Gasteiger partial charge in [-0.05, 0) is 34.6 Å². The van der Waals surface area contributed by atoms with Gasteiger partial charge in [-0.15, -0.1) is 0 Å². The topological polar surface area (TPSA) is 98.5 Å². The number of carbonyl (C=O) groups excluding carboxylic acids is 1. The summed E-state index contributed by atoms with van der Waals surface area (Å²) < 4.78 is 34.5. The van der Waals surface area contributed by atoms with Gasteiger partial charge in [0.1, 0.15) is 24.9 Å². The first kappa shape index (κ1) is 20.2. The van der Waals surface area contributed by atoms with E-state index in [4.69, 9.17) is 28.4 Å². The molecule has 0 spiro atoms. The van der Waals surface area contributed by atoms with Gasteiger partial charge in [-0.25, -0.2) is 4.79 Å². The molecule has 0 N–H and O–H groups in total. The van der Waals surface area contributed by atoms with E-state index in [0.717, 1.165) is 6.21 Å². The lowest BCUT2D eigenvalue weighted by Crippen LogP contribution is -2.40. The van der Waals surface area contributed by atoms with E-state index in [9.17, 15) is 10.0 Å². The smallest absolute Gasteiger partial charge is 0.396 e. The molecule has 0 amide bonds. The van der Waals surface area contributed by atoms with Crippen molar-refractivity contribution in [3.63, 3.8) is 0 Å². The summed E-state index contributed by atoms with van der Waals surface area (Å²) in [7, 11) is 0. The molecule has 0 aliphatic carbocycles. The van der Waals surface area contributed by atoms with Gasteiger partial charge in [0.05, 0.1) is 6.61 Å². The molecule has 9 heteroatoms. The second-order valence-electron chi connectivity index (χ2n) is 7.61. The summed E-state index contributed by atoms with van der Waals surface area (Å²) in [6, 6.07) is 0. The first-order valence-corrected chi connectivity index (χ1v) is 9.03. The van der Waals surface area contributed by atoms with Crippen molar-refractivity contribution in [3.8, 4) is 0 Å². The summed E-state index contributed by atoms with van der Waals surface area (Å²) in [4.78, 5) is 11.8. The van der Waals surface area contributed by atoms with Crippen LogP contribution in [0.1, 0.15) is 34.6 Å². The van der Waals surface area contributed by atoms with Crippen LogP contribution in [-0.4, -0.2) is 72.4 Å². The molecule has 0 aromatic heterocycles. The molecule has 3 rings (SSSR count). The fraction of sp³-hybridized carbons (Fsp3) is 0.778. The minimum absolute atomic E-state index is 0.0921. The number of esters is 1. The van der Waals surface area contributed by atoms with Gasteiger partial charge in [0.2, 0.25) is 0 Å². The third-order valence-corrected chi connectivity index (χ3v) is 4.50. The van der Waals surface area contributed by atoms with Gasteiger partial charge in [0.15, 0.2) is 17.7 Å². The minimum Gasteiger partial charge on any atom is -0.622 e. The van der Waals surface area contributed by atoms with Crippen LogP contribution in [0, 0.1) is 5.21 Å². The number of hydrogen-bond acceptors (Lipinski definition) is 8. The summed E-state index contributed by atoms with van der Waals surface area (Å²) in [5, 5.41) is 12.5. The highest BCUT2D eigenvalue weighted by molar-refractivity contribution is 6.21. The molecule has 0 bridgehead atoms. The minimum atomic E-state index is -1.05. The number of ether oxygens (including phenoxy) is 6. The molecule has 0 radical (unpaired) electrons. The van der Waals surface area contributed by atoms with Gasteiger partial charge in [0, 0.05) is 0 Å². The normalized spacial score (nSPS) is 37.7. The van der Waals surface area contributed by atoms with Crippen molar-refractivity contribution in [2.75, 3.05) is 13.2 Å². The maximum atomic E-state index is 12.5. The molecule has 0 saturated carbocycles. The highest BCUT2D eigenvalue weighted by Crippen LogP contribution is 2.42. The quantitative estimate of drug-likeness (QED) is 0.173. The number of carbonyl (C=O) groups is 1. The van der Waals surface area contributed by atoms with Crippen LogP contribution in [0.5, 0.6) is 0 Å². The van der Waals surface area contributed by atoms with E-state index in [1.165, 1.54) is 0 Å². The number of allylic oxidation sites excluding steroid dienone is 1. The summed E-state index contributed by atoms with van der Waals surface area (Å²) in [5.41, 5.74) is 0. The van der Waals surface area contributed by atoms with Crippen molar-refractivity contribution in [3.05, 3.63) is 17.4 Å². The number of fused-ring (bicyclic) bond motifs is 1. The summed E-state index contributed by atoms with van der Waals surface area (Å²) >= 11 is 0. The predicted octanol–water partition coefficient (Wildman–Crippen LogP) is 1.08. The third kappa shape index (κ3) is 4.49. The van der Waals surface area contributed by atoms with Crippen LogP contribution < -0.4 is 0 Å². The second-order valence-corrected chi connectivity index (χ2v) is 7.61. The Balaban J connectivity index is 1.74. The van der Waals surface area contributed by atoms with Gasteiger partial charge in [-0.1, -0.05) is 12.2 Å². The Kier molecular flexibility index (Phi) is 5.60. The summed E-state index contributed by atoms with van der Waals surface area (Å²) in [6.07, 6.45) is 1.01. The Morgan fingerprint density at radius 1 is 1.15 bits per heavy atom. The number of hydrogen-bond donors (Lipinski definition) is 0. The van der Waals surface area contributed by atoms with Gasteiger partial charge >= 0.3 is 5.97 Å². The average molecular weight is 385 g/mol. The van der Waals surface area contributed by atoms with E-state index in [1.54, 1.807) is 46.8 Å². The van der Waals surface area contributed by atoms with E-state index in [0.29, 0.717) is 11.3 Å². The fourth-order valence-electron chi connectivity index (χ4n) is 3.43. The highest BCUT2D eigenvalue weighted by Gasteiger charge is 2.62. The fourth-order valence-corrected chi connectivity index (χ4v) is 3.43. The molecule has 3 saturated heterocycles. The lowest BCUT2D eigenvalue weighted by molar-refractivity contribution is -0.562. The monoisotopic (exact) mass is 385 g/mol. The van der Waals surface area contributed by atoms with Crippen molar-refractivity contribution in [1.29, 1.82) is 0 Å². The first-order valence-electron chi connectivity index (χ1n) is 9.03. The summed E-state index contributed by atoms with van der Waals surface area (Å²) in [6.45, 7) is 9.35. The maximum absolute atomic E-state index is 12.5. The predicted molar refractivity (Wildman–Crippen MR) is 92.9 cm³/mol. The first-order chi connectivity index (χ1) is 12.6. The lowest BCUT2D eigenvalue weighted by Gasteiger charge is -2.26. The van der Waals surface area contributed by atoms with Crippen molar-refractivity contribution in [1.82, 2.24) is 0 Å². The van der Waals surface area contributed by atoms with Crippen LogP contribution >= 0.6 is 0 Å². The molecule has 9 nitrogen and oxygen atoms in total. The Bertz CT molecular complexity index is 629. The Hall–Kier alpha value is -1.52. The molecule has 3 heterocycles. The van der Waals surface area contributed by atoms with E-state index in [2.05, 4.69) is 0 Å². The zero-order valence-corrected chi connectivity index (χ0v) is 16.2. The van der Waals surface area contributed by atoms with Crippen molar-refractivity contribution < 1.29 is 38.0 Å². The van der Waals surface area contributed by atoms with Crippen LogP contribution in [0.4, 0.5) is 0 Å². The zero-order chi connectivity index (χ0) is 19.8. The lowest BCUT2D eigenvalue weighted by atomic mass is 10.1. The van der Waals surface area contributed by atoms with Crippen LogP contribution in [0.25, 0.3) is 0 Å². The van der Waals surface area contributed by atoms with Gasteiger partial charge in [-0.3, -0.25) is 0 Å². The van der Waals surface area contributed by atoms with E-state index in [-0.39, 0.29) is 6.61 Å². The molecular weight excluding hydrogens is 358 g/mol. The molecule has 3 aliphatic heterocycles. The molecule has 0 unspecified atom stereocenters. The average Bonchev–Trinajstić information content (AvgIpc) is 3.17. The van der Waals surface area contributed by atoms with Crippen molar-refractivity contribution >= 4 is 12.2 Å². The molecule has 0 aromatic rings. The Labute approximate surface area is 158 Å². The van der Waals surface area contributed by atoms with Gasteiger partial charge in [0.25, 0.3) is 12.4 Å². The van der Waals surface area contributed by atoms with E-state index in [1.807, 2.05) is 0 Å². The van der Waals surface area contributed by atoms with Crippen molar-refractivity contribution in [2.45, 2.75) is 76.8 Å². The van der Waals surface area contributed by atoms with Crippen LogP contribution in [-0.2, 0) is 33.2 Å². The molecule has 3 aliphatic rings. The molecular formula is C18H27NO8. The number of nitrogens with zero attached hydrogens (tertiary/aromatic N) is 1. The van der Waals surface area contributed by atoms with Gasteiger partial charge < -0.3 is 33.6 Å². The standard InChI is InChI=1S/C18H27NO8/c1-6-7-8-22-12(20)9-19(21)16-15-14(26-18(4,5)27-15)13(24-16)11-10-23-17(2,3)25-11/h6-7,9,11,13-16H,8,10H2,1-5H3/b7-6+,19-9-/t11-,13+,14-,15-,16-/m0/s1. The second kappa shape index (κ2) is 7.48. The van der Waals surface area contributed by atoms with Crippen LogP contribution in [0.15, 0.2) is 12.2 Å². The van der Waals surface area contributed by atoms with Crippen molar-refractivity contribution in [2.24, 2.45) is 0 Å². The molecule has 5 atom stereocenters. The van der Waals surface area contributed by atoms with Gasteiger partial charge in [-0.2, -0.15) is 4.74 Å². The van der Waals surface area contributed by atoms with Crippen LogP contribution in [0.2, 0.25) is 0 Å². The zero-order valence-electron chi connectivity index (χ0n) is 16.2. The molecule has 0 aromatic carbocycles.